The number of imide groups is 1. The molecular weight excluding hydrogens is 388 g/mol. The van der Waals surface area contributed by atoms with Crippen molar-refractivity contribution in [2.75, 3.05) is 13.7 Å². The lowest BCUT2D eigenvalue weighted by atomic mass is 9.74. The number of hydrogen-bond acceptors (Lipinski definition) is 5. The highest BCUT2D eigenvalue weighted by Crippen LogP contribution is 2.43. The molecule has 0 spiro atoms. The third kappa shape index (κ3) is 3.99. The van der Waals surface area contributed by atoms with Crippen LogP contribution in [0.25, 0.3) is 0 Å². The number of amides is 3. The van der Waals surface area contributed by atoms with Crippen LogP contribution in [-0.2, 0) is 16.1 Å². The largest absolute Gasteiger partial charge is 0.478 e. The number of hydrogen-bond donors (Lipinski definition) is 2. The van der Waals surface area contributed by atoms with Crippen LogP contribution in [0.3, 0.4) is 0 Å². The highest BCUT2D eigenvalue weighted by molar-refractivity contribution is 6.03. The van der Waals surface area contributed by atoms with Gasteiger partial charge < -0.3 is 19.9 Å². The lowest BCUT2D eigenvalue weighted by molar-refractivity contribution is -0.198. The normalized spacial score (nSPS) is 20.4. The van der Waals surface area contributed by atoms with Crippen molar-refractivity contribution in [1.82, 2.24) is 10.2 Å². The molecule has 2 atom stereocenters. The maximum Gasteiger partial charge on any atom is 0.335 e. The van der Waals surface area contributed by atoms with E-state index in [2.05, 4.69) is 5.32 Å². The van der Waals surface area contributed by atoms with E-state index < -0.39 is 23.6 Å². The molecule has 8 nitrogen and oxygen atoms in total. The molecule has 0 unspecified atom stereocenters. The molecular formula is C22H24N2O6. The van der Waals surface area contributed by atoms with Crippen LogP contribution in [0, 0.1) is 5.41 Å². The second-order valence-corrected chi connectivity index (χ2v) is 7.06. The maximum atomic E-state index is 12.9. The number of carboxylic acids is 1. The Hall–Kier alpha value is -3.39. The molecule has 2 aromatic carbocycles. The minimum atomic E-state index is -1.05. The van der Waals surface area contributed by atoms with Gasteiger partial charge >= 0.3 is 12.0 Å². The van der Waals surface area contributed by atoms with E-state index in [1.54, 1.807) is 0 Å². The summed E-state index contributed by atoms with van der Waals surface area (Å²) in [6.07, 6.45) is -0.457. The van der Waals surface area contributed by atoms with Gasteiger partial charge in [-0.1, -0.05) is 37.3 Å². The fraction of sp³-hybridized carbons (Fsp3) is 0.318. The summed E-state index contributed by atoms with van der Waals surface area (Å²) in [6, 6.07) is 14.6. The number of carbonyl (C=O) groups excluding carboxylic acids is 2. The predicted octanol–water partition coefficient (Wildman–Crippen LogP) is 2.88. The number of nitrogens with zero attached hydrogens (tertiary/aromatic N) is 1. The van der Waals surface area contributed by atoms with E-state index in [1.165, 1.54) is 31.4 Å². The summed E-state index contributed by atoms with van der Waals surface area (Å²) in [5.74, 6) is -1.07. The lowest BCUT2D eigenvalue weighted by Crippen LogP contribution is -2.75. The van der Waals surface area contributed by atoms with Crippen LogP contribution in [0.5, 0.6) is 5.75 Å². The zero-order chi connectivity index (χ0) is 21.7. The first-order chi connectivity index (χ1) is 14.4. The van der Waals surface area contributed by atoms with Gasteiger partial charge in [-0.15, -0.1) is 0 Å². The second kappa shape index (κ2) is 8.96. The quantitative estimate of drug-likeness (QED) is 0.646. The van der Waals surface area contributed by atoms with Crippen LogP contribution in [-0.4, -0.2) is 47.9 Å². The molecule has 30 heavy (non-hydrogen) atoms. The minimum Gasteiger partial charge on any atom is -0.478 e. The molecule has 0 radical (unpaired) electrons. The van der Waals surface area contributed by atoms with Crippen molar-refractivity contribution in [3.05, 3.63) is 65.7 Å². The van der Waals surface area contributed by atoms with Crippen LogP contribution >= 0.6 is 0 Å². The molecule has 1 fully saturated rings. The van der Waals surface area contributed by atoms with Gasteiger partial charge in [-0.25, -0.2) is 14.5 Å². The van der Waals surface area contributed by atoms with Crippen LogP contribution in [0.1, 0.15) is 29.3 Å². The molecule has 0 saturated carbocycles. The summed E-state index contributed by atoms with van der Waals surface area (Å²) in [4.78, 5) is 37.8. The van der Waals surface area contributed by atoms with Gasteiger partial charge in [0.2, 0.25) is 5.91 Å². The van der Waals surface area contributed by atoms with Crippen molar-refractivity contribution in [2.24, 2.45) is 5.41 Å². The zero-order valence-electron chi connectivity index (χ0n) is 16.8. The Morgan fingerprint density at radius 3 is 2.37 bits per heavy atom. The number of likely N-dealkylation sites (tertiary alicyclic amines) is 1. The SMILES string of the molecule is CC[C@@]1(COC)C(=O)N(C(=O)NCc2ccccc2)[C@H]1Oc1ccc(C(=O)O)cc1. The Labute approximate surface area is 174 Å². The average Bonchev–Trinajstić information content (AvgIpc) is 2.76. The molecule has 1 heterocycles. The number of ether oxygens (including phenoxy) is 2. The van der Waals surface area contributed by atoms with Gasteiger partial charge in [-0.2, -0.15) is 0 Å². The monoisotopic (exact) mass is 412 g/mol. The van der Waals surface area contributed by atoms with Crippen molar-refractivity contribution < 1.29 is 29.0 Å². The summed E-state index contributed by atoms with van der Waals surface area (Å²) in [7, 11) is 1.49. The Bertz CT molecular complexity index is 915. The Balaban J connectivity index is 1.79. The van der Waals surface area contributed by atoms with Crippen LogP contribution < -0.4 is 10.1 Å². The highest BCUT2D eigenvalue weighted by atomic mass is 16.5. The first-order valence-electron chi connectivity index (χ1n) is 9.57. The average molecular weight is 412 g/mol. The molecule has 0 aliphatic carbocycles. The fourth-order valence-electron chi connectivity index (χ4n) is 3.48. The molecule has 2 N–H and O–H groups in total. The number of β-lactam (4-membered cyclic amide) rings is 1. The second-order valence-electron chi connectivity index (χ2n) is 7.06. The lowest BCUT2D eigenvalue weighted by Gasteiger charge is -2.52. The van der Waals surface area contributed by atoms with E-state index in [9.17, 15) is 14.4 Å². The standard InChI is InChI=1S/C22H24N2O6/c1-3-22(14-29-2)19(27)24(21(28)23-13-15-7-5-4-6-8-15)20(22)30-17-11-9-16(10-12-17)18(25)26/h4-12,20H,3,13-14H2,1-2H3,(H,23,28)(H,25,26)/t20-,22+/m0/s1. The Morgan fingerprint density at radius 1 is 1.13 bits per heavy atom. The molecule has 3 amide bonds. The van der Waals surface area contributed by atoms with E-state index in [-0.39, 0.29) is 24.6 Å². The van der Waals surface area contributed by atoms with E-state index >= 15 is 0 Å². The fourth-order valence-corrected chi connectivity index (χ4v) is 3.48. The van der Waals surface area contributed by atoms with Crippen molar-refractivity contribution in [3.63, 3.8) is 0 Å². The van der Waals surface area contributed by atoms with E-state index in [0.29, 0.717) is 12.2 Å². The van der Waals surface area contributed by atoms with E-state index in [1.807, 2.05) is 37.3 Å². The third-order valence-corrected chi connectivity index (χ3v) is 5.24. The summed E-state index contributed by atoms with van der Waals surface area (Å²) in [5.41, 5.74) is 0.0203. The molecule has 0 bridgehead atoms. The van der Waals surface area contributed by atoms with Crippen molar-refractivity contribution in [1.29, 1.82) is 0 Å². The molecule has 2 aromatic rings. The first kappa shape index (κ1) is 21.3. The maximum absolute atomic E-state index is 12.9. The van der Waals surface area contributed by atoms with E-state index in [4.69, 9.17) is 14.6 Å². The number of carboxylic acid groups (broad SMARTS) is 1. The van der Waals surface area contributed by atoms with Gasteiger partial charge in [-0.05, 0) is 36.2 Å². The van der Waals surface area contributed by atoms with Crippen LogP contribution in [0.4, 0.5) is 4.79 Å². The number of rotatable bonds is 8. The van der Waals surface area contributed by atoms with Gasteiger partial charge in [0, 0.05) is 13.7 Å². The summed E-state index contributed by atoms with van der Waals surface area (Å²) < 4.78 is 11.2. The number of urea groups is 1. The van der Waals surface area contributed by atoms with Crippen molar-refractivity contribution in [2.45, 2.75) is 26.1 Å². The molecule has 0 aromatic heterocycles. The summed E-state index contributed by atoms with van der Waals surface area (Å²) >= 11 is 0. The van der Waals surface area contributed by atoms with Gasteiger partial charge in [-0.3, -0.25) is 4.79 Å². The van der Waals surface area contributed by atoms with E-state index in [0.717, 1.165) is 10.5 Å². The number of benzene rings is 2. The van der Waals surface area contributed by atoms with Gasteiger partial charge in [0.25, 0.3) is 0 Å². The number of carbonyl (C=O) groups is 3. The topological polar surface area (TPSA) is 105 Å². The van der Waals surface area contributed by atoms with Gasteiger partial charge in [0.15, 0.2) is 6.23 Å². The third-order valence-electron chi connectivity index (χ3n) is 5.24. The first-order valence-corrected chi connectivity index (χ1v) is 9.57. The molecule has 1 aliphatic heterocycles. The van der Waals surface area contributed by atoms with Crippen molar-refractivity contribution >= 4 is 17.9 Å². The Morgan fingerprint density at radius 2 is 1.80 bits per heavy atom. The number of nitrogens with one attached hydrogen (secondary N) is 1. The van der Waals surface area contributed by atoms with Gasteiger partial charge in [0.05, 0.1) is 12.2 Å². The minimum absolute atomic E-state index is 0.0999. The summed E-state index contributed by atoms with van der Waals surface area (Å²) in [6.45, 7) is 2.20. The molecule has 1 aliphatic rings. The Kier molecular flexibility index (Phi) is 6.37. The van der Waals surface area contributed by atoms with Crippen molar-refractivity contribution in [3.8, 4) is 5.75 Å². The highest BCUT2D eigenvalue weighted by Gasteiger charge is 2.64. The predicted molar refractivity (Wildman–Crippen MR) is 108 cm³/mol. The van der Waals surface area contributed by atoms with Gasteiger partial charge in [0.1, 0.15) is 11.2 Å². The number of methoxy groups -OCH3 is 1. The number of aromatic carboxylic acids is 1. The van der Waals surface area contributed by atoms with Crippen LogP contribution in [0.15, 0.2) is 54.6 Å². The molecule has 1 saturated heterocycles. The molecule has 8 heteroatoms. The molecule has 158 valence electrons. The zero-order valence-corrected chi connectivity index (χ0v) is 16.8. The molecule has 3 rings (SSSR count). The smallest absolute Gasteiger partial charge is 0.335 e. The summed E-state index contributed by atoms with van der Waals surface area (Å²) in [5, 5.41) is 11.8. The van der Waals surface area contributed by atoms with Crippen LogP contribution in [0.2, 0.25) is 0 Å².